The maximum absolute atomic E-state index is 12.4. The molecule has 35 heavy (non-hydrogen) atoms. The lowest BCUT2D eigenvalue weighted by atomic mass is 10.2. The molecule has 1 saturated heterocycles. The Morgan fingerprint density at radius 1 is 0.886 bits per heavy atom. The summed E-state index contributed by atoms with van der Waals surface area (Å²) in [6.45, 7) is 6.57. The van der Waals surface area contributed by atoms with E-state index in [1.807, 2.05) is 73.3 Å². The number of rotatable bonds is 7. The minimum atomic E-state index is -0.813. The van der Waals surface area contributed by atoms with E-state index in [0.29, 0.717) is 43.5 Å². The van der Waals surface area contributed by atoms with Gasteiger partial charge < -0.3 is 26.0 Å². The molecule has 182 valence electrons. The molecule has 2 amide bonds. The molecule has 4 rings (SSSR count). The normalized spacial score (nSPS) is 13.8. The molecule has 0 atom stereocenters. The number of carboxylic acid groups (broad SMARTS) is 1. The highest BCUT2D eigenvalue weighted by Crippen LogP contribution is 2.23. The second-order valence-electron chi connectivity index (χ2n) is 8.47. The second kappa shape index (κ2) is 10.8. The van der Waals surface area contributed by atoms with Crippen LogP contribution in [-0.4, -0.2) is 64.7 Å². The summed E-state index contributed by atoms with van der Waals surface area (Å²) in [4.78, 5) is 36.5. The molecule has 4 N–H and O–H groups in total. The number of nitrogens with zero attached hydrogens (tertiary/aromatic N) is 4. The van der Waals surface area contributed by atoms with E-state index in [-0.39, 0.29) is 12.6 Å². The first-order chi connectivity index (χ1) is 16.8. The maximum Gasteiger partial charge on any atom is 0.323 e. The highest BCUT2D eigenvalue weighted by Gasteiger charge is 2.20. The smallest absolute Gasteiger partial charge is 0.323 e. The number of carboxylic acids is 1. The zero-order valence-electron chi connectivity index (χ0n) is 19.8. The Balaban J connectivity index is 1.39. The van der Waals surface area contributed by atoms with Crippen LogP contribution in [-0.2, 0) is 4.79 Å². The summed E-state index contributed by atoms with van der Waals surface area (Å²) < 4.78 is 0. The lowest BCUT2D eigenvalue weighted by Crippen LogP contribution is -2.48. The summed E-state index contributed by atoms with van der Waals surface area (Å²) in [5.41, 5.74) is 3.20. The number of hydrogen-bond donors (Lipinski definition) is 4. The first kappa shape index (κ1) is 24.0. The third-order valence-corrected chi connectivity index (χ3v) is 5.55. The van der Waals surface area contributed by atoms with E-state index in [2.05, 4.69) is 30.8 Å². The number of urea groups is 1. The van der Waals surface area contributed by atoms with Crippen molar-refractivity contribution in [2.45, 2.75) is 13.8 Å². The number of carbonyl (C=O) groups excluding carboxylic acids is 1. The number of nitrogens with one attached hydrogen (secondary N) is 3. The van der Waals surface area contributed by atoms with E-state index in [1.165, 1.54) is 0 Å². The Bertz CT molecular complexity index is 1210. The van der Waals surface area contributed by atoms with Crippen LogP contribution in [0.5, 0.6) is 0 Å². The number of hydrogen-bond acceptors (Lipinski definition) is 7. The molecule has 1 fully saturated rings. The number of piperazine rings is 1. The SMILES string of the molecule is Cc1cccc(NC(=O)Nc2cccc(Nc3cc(N4CCN(CC(=O)O)CC4)nc(C)n3)c2)c1. The van der Waals surface area contributed by atoms with Crippen LogP contribution >= 0.6 is 0 Å². The van der Waals surface area contributed by atoms with Gasteiger partial charge in [0.25, 0.3) is 0 Å². The summed E-state index contributed by atoms with van der Waals surface area (Å²) in [5, 5.41) is 18.0. The standard InChI is InChI=1S/C25H29N7O3/c1-17-5-3-6-19(13-17)29-25(35)30-21-8-4-7-20(14-21)28-22-15-23(27-18(2)26-22)32-11-9-31(10-12-32)16-24(33)34/h3-8,13-15H,9-12,16H2,1-2H3,(H,33,34)(H,26,27,28)(H2,29,30,35). The minimum Gasteiger partial charge on any atom is -0.480 e. The number of aryl methyl sites for hydroxylation is 2. The summed E-state index contributed by atoms with van der Waals surface area (Å²) in [7, 11) is 0. The van der Waals surface area contributed by atoms with Crippen LogP contribution < -0.4 is 20.9 Å². The molecule has 2 heterocycles. The maximum atomic E-state index is 12.4. The van der Waals surface area contributed by atoms with Gasteiger partial charge in [-0.05, 0) is 49.7 Å². The molecule has 0 unspecified atom stereocenters. The predicted octanol–water partition coefficient (Wildman–Crippen LogP) is 3.69. The first-order valence-electron chi connectivity index (χ1n) is 11.4. The van der Waals surface area contributed by atoms with Gasteiger partial charge in [-0.15, -0.1) is 0 Å². The van der Waals surface area contributed by atoms with Gasteiger partial charge in [-0.2, -0.15) is 0 Å². The van der Waals surface area contributed by atoms with Gasteiger partial charge in [0.2, 0.25) is 0 Å². The molecule has 3 aromatic rings. The monoisotopic (exact) mass is 475 g/mol. The number of aromatic nitrogens is 2. The molecule has 10 heteroatoms. The van der Waals surface area contributed by atoms with Crippen molar-refractivity contribution in [3.8, 4) is 0 Å². The Morgan fingerprint density at radius 3 is 2.23 bits per heavy atom. The van der Waals surface area contributed by atoms with Gasteiger partial charge in [0, 0.05) is 49.3 Å². The molecule has 10 nitrogen and oxygen atoms in total. The molecule has 0 spiro atoms. The molecule has 1 aliphatic heterocycles. The third-order valence-electron chi connectivity index (χ3n) is 5.55. The Kier molecular flexibility index (Phi) is 7.41. The van der Waals surface area contributed by atoms with Crippen molar-refractivity contribution >= 4 is 40.7 Å². The number of aliphatic carboxylic acids is 1. The lowest BCUT2D eigenvalue weighted by molar-refractivity contribution is -0.138. The average Bonchev–Trinajstić information content (AvgIpc) is 2.79. The number of carbonyl (C=O) groups is 2. The number of benzene rings is 2. The molecule has 1 aromatic heterocycles. The molecule has 1 aliphatic rings. The Morgan fingerprint density at radius 2 is 1.54 bits per heavy atom. The Hall–Kier alpha value is -4.18. The van der Waals surface area contributed by atoms with Crippen LogP contribution in [0.2, 0.25) is 0 Å². The van der Waals surface area contributed by atoms with Crippen LogP contribution in [0, 0.1) is 13.8 Å². The first-order valence-corrected chi connectivity index (χ1v) is 11.4. The molecule has 2 aromatic carbocycles. The van der Waals surface area contributed by atoms with Crippen LogP contribution in [0.25, 0.3) is 0 Å². The fourth-order valence-electron chi connectivity index (χ4n) is 3.94. The zero-order valence-corrected chi connectivity index (χ0v) is 19.8. The van der Waals surface area contributed by atoms with E-state index in [0.717, 1.165) is 22.8 Å². The molecule has 0 saturated carbocycles. The fourth-order valence-corrected chi connectivity index (χ4v) is 3.94. The van der Waals surface area contributed by atoms with E-state index >= 15 is 0 Å². The van der Waals surface area contributed by atoms with Crippen molar-refractivity contribution in [1.29, 1.82) is 0 Å². The van der Waals surface area contributed by atoms with Gasteiger partial charge in [-0.1, -0.05) is 18.2 Å². The van der Waals surface area contributed by atoms with Crippen LogP contribution in [0.3, 0.4) is 0 Å². The second-order valence-corrected chi connectivity index (χ2v) is 8.47. The van der Waals surface area contributed by atoms with Crippen molar-refractivity contribution in [1.82, 2.24) is 14.9 Å². The number of amides is 2. The largest absolute Gasteiger partial charge is 0.480 e. The zero-order chi connectivity index (χ0) is 24.8. The topological polar surface area (TPSA) is 123 Å². The highest BCUT2D eigenvalue weighted by atomic mass is 16.4. The van der Waals surface area contributed by atoms with E-state index in [9.17, 15) is 9.59 Å². The van der Waals surface area contributed by atoms with Crippen molar-refractivity contribution in [3.63, 3.8) is 0 Å². The van der Waals surface area contributed by atoms with Crippen molar-refractivity contribution < 1.29 is 14.7 Å². The lowest BCUT2D eigenvalue weighted by Gasteiger charge is -2.34. The third kappa shape index (κ3) is 6.90. The molecular weight excluding hydrogens is 446 g/mol. The summed E-state index contributed by atoms with van der Waals surface area (Å²) >= 11 is 0. The summed E-state index contributed by atoms with van der Waals surface area (Å²) in [5.74, 6) is 1.25. The van der Waals surface area contributed by atoms with Crippen molar-refractivity contribution in [3.05, 3.63) is 66.0 Å². The van der Waals surface area contributed by atoms with E-state index in [1.54, 1.807) is 0 Å². The van der Waals surface area contributed by atoms with E-state index < -0.39 is 5.97 Å². The van der Waals surface area contributed by atoms with Crippen LogP contribution in [0.1, 0.15) is 11.4 Å². The molecule has 0 aliphatic carbocycles. The predicted molar refractivity (Wildman–Crippen MR) is 137 cm³/mol. The molecular formula is C25H29N7O3. The highest BCUT2D eigenvalue weighted by molar-refractivity contribution is 6.00. The van der Waals surface area contributed by atoms with Gasteiger partial charge in [-0.25, -0.2) is 14.8 Å². The van der Waals surface area contributed by atoms with Crippen LogP contribution in [0.15, 0.2) is 54.6 Å². The van der Waals surface area contributed by atoms with Gasteiger partial charge in [0.15, 0.2) is 0 Å². The van der Waals surface area contributed by atoms with Crippen LogP contribution in [0.4, 0.5) is 33.5 Å². The van der Waals surface area contributed by atoms with Gasteiger partial charge in [0.05, 0.1) is 6.54 Å². The molecule has 0 radical (unpaired) electrons. The van der Waals surface area contributed by atoms with Gasteiger partial charge in [0.1, 0.15) is 17.5 Å². The fraction of sp³-hybridized carbons (Fsp3) is 0.280. The average molecular weight is 476 g/mol. The van der Waals surface area contributed by atoms with Crippen molar-refractivity contribution in [2.75, 3.05) is 53.6 Å². The number of anilines is 5. The van der Waals surface area contributed by atoms with Gasteiger partial charge in [-0.3, -0.25) is 9.69 Å². The molecule has 0 bridgehead atoms. The van der Waals surface area contributed by atoms with Gasteiger partial charge >= 0.3 is 12.0 Å². The summed E-state index contributed by atoms with van der Waals surface area (Å²) in [6, 6.07) is 16.5. The van der Waals surface area contributed by atoms with Crippen molar-refractivity contribution in [2.24, 2.45) is 0 Å². The Labute approximate surface area is 204 Å². The quantitative estimate of drug-likeness (QED) is 0.408. The minimum absolute atomic E-state index is 0.0524. The van der Waals surface area contributed by atoms with E-state index in [4.69, 9.17) is 5.11 Å². The summed E-state index contributed by atoms with van der Waals surface area (Å²) in [6.07, 6.45) is 0.